The van der Waals surface area contributed by atoms with Gasteiger partial charge in [0.1, 0.15) is 17.2 Å². The van der Waals surface area contributed by atoms with Gasteiger partial charge in [-0.15, -0.1) is 0 Å². The van der Waals surface area contributed by atoms with Crippen LogP contribution in [0.4, 0.5) is 5.69 Å². The number of pyridine rings is 1. The SMILES string of the molecule is CC(N)(c1cccc(N2C=C(c3ccccn3)C=C(c3ccccc3C#N)C2C=O)c1)S(=O)[O-]. The van der Waals surface area contributed by atoms with E-state index < -0.39 is 22.0 Å². The first kappa shape index (κ1) is 23.3. The summed E-state index contributed by atoms with van der Waals surface area (Å²) in [5.41, 5.74) is 10.1. The maximum Gasteiger partial charge on any atom is 0.147 e. The summed E-state index contributed by atoms with van der Waals surface area (Å²) in [5, 5.41) is 9.67. The van der Waals surface area contributed by atoms with E-state index in [4.69, 9.17) is 5.73 Å². The van der Waals surface area contributed by atoms with Crippen molar-refractivity contribution in [1.82, 2.24) is 4.98 Å². The molecule has 1 aliphatic rings. The van der Waals surface area contributed by atoms with Gasteiger partial charge in [-0.1, -0.05) is 36.4 Å². The maximum atomic E-state index is 12.4. The van der Waals surface area contributed by atoms with Crippen LogP contribution in [-0.2, 0) is 20.7 Å². The Hall–Kier alpha value is -3.90. The van der Waals surface area contributed by atoms with Crippen LogP contribution in [0.1, 0.15) is 29.3 Å². The summed E-state index contributed by atoms with van der Waals surface area (Å²) in [6, 6.07) is 20.8. The number of hydrogen-bond donors (Lipinski definition) is 1. The number of benzene rings is 2. The third-order valence-corrected chi connectivity index (χ3v) is 6.65. The number of carbonyl (C=O) groups is 1. The van der Waals surface area contributed by atoms with Gasteiger partial charge in [0.15, 0.2) is 0 Å². The molecule has 170 valence electrons. The van der Waals surface area contributed by atoms with Crippen molar-refractivity contribution >= 4 is 34.2 Å². The summed E-state index contributed by atoms with van der Waals surface area (Å²) in [5.74, 6) is 0. The molecule has 3 aromatic rings. The molecule has 0 aliphatic carbocycles. The van der Waals surface area contributed by atoms with Crippen molar-refractivity contribution in [3.63, 3.8) is 0 Å². The summed E-state index contributed by atoms with van der Waals surface area (Å²) in [7, 11) is 0. The zero-order valence-corrected chi connectivity index (χ0v) is 19.1. The fourth-order valence-corrected chi connectivity index (χ4v) is 4.18. The molecule has 1 aromatic heterocycles. The van der Waals surface area contributed by atoms with Crippen LogP contribution < -0.4 is 10.6 Å². The minimum absolute atomic E-state index is 0.379. The van der Waals surface area contributed by atoms with Crippen LogP contribution in [0.25, 0.3) is 11.1 Å². The zero-order valence-electron chi connectivity index (χ0n) is 18.3. The van der Waals surface area contributed by atoms with Crippen molar-refractivity contribution in [2.45, 2.75) is 17.8 Å². The maximum absolute atomic E-state index is 12.4. The highest BCUT2D eigenvalue weighted by molar-refractivity contribution is 7.80. The smallest absolute Gasteiger partial charge is 0.147 e. The lowest BCUT2D eigenvalue weighted by Gasteiger charge is -2.35. The Morgan fingerprint density at radius 1 is 1.18 bits per heavy atom. The van der Waals surface area contributed by atoms with Gasteiger partial charge in [-0.25, -0.2) is 0 Å². The Morgan fingerprint density at radius 2 is 1.94 bits per heavy atom. The van der Waals surface area contributed by atoms with E-state index in [2.05, 4.69) is 11.1 Å². The molecular formula is C26H21N4O3S-. The van der Waals surface area contributed by atoms with Crippen molar-refractivity contribution in [2.24, 2.45) is 5.73 Å². The second kappa shape index (κ2) is 9.53. The Kier molecular flexibility index (Phi) is 6.52. The molecule has 0 spiro atoms. The highest BCUT2D eigenvalue weighted by Gasteiger charge is 2.30. The number of nitrogens with two attached hydrogens (primary N) is 1. The molecule has 0 saturated carbocycles. The molecule has 2 aromatic carbocycles. The van der Waals surface area contributed by atoms with Crippen LogP contribution in [0.5, 0.6) is 0 Å². The normalized spacial score (nSPS) is 18.2. The molecule has 2 N–H and O–H groups in total. The lowest BCUT2D eigenvalue weighted by atomic mass is 9.89. The zero-order chi connectivity index (χ0) is 24.3. The van der Waals surface area contributed by atoms with Crippen molar-refractivity contribution in [2.75, 3.05) is 4.90 Å². The molecule has 3 unspecified atom stereocenters. The Morgan fingerprint density at radius 3 is 2.62 bits per heavy atom. The Balaban J connectivity index is 1.92. The van der Waals surface area contributed by atoms with Crippen molar-refractivity contribution in [3.05, 3.63) is 108 Å². The van der Waals surface area contributed by atoms with Gasteiger partial charge in [0.05, 0.1) is 17.3 Å². The Bertz CT molecular complexity index is 1360. The summed E-state index contributed by atoms with van der Waals surface area (Å²) < 4.78 is 23.4. The molecule has 0 fully saturated rings. The molecule has 34 heavy (non-hydrogen) atoms. The van der Waals surface area contributed by atoms with E-state index >= 15 is 0 Å². The van der Waals surface area contributed by atoms with Crippen LogP contribution in [0.3, 0.4) is 0 Å². The predicted molar refractivity (Wildman–Crippen MR) is 131 cm³/mol. The van der Waals surface area contributed by atoms with Crippen LogP contribution in [0, 0.1) is 11.3 Å². The number of allylic oxidation sites excluding steroid dienone is 2. The van der Waals surface area contributed by atoms with Crippen molar-refractivity contribution in [1.29, 1.82) is 5.26 Å². The van der Waals surface area contributed by atoms with E-state index in [-0.39, 0.29) is 0 Å². The third-order valence-electron chi connectivity index (χ3n) is 5.72. The van der Waals surface area contributed by atoms with Crippen LogP contribution in [-0.4, -0.2) is 26.1 Å². The second-order valence-corrected chi connectivity index (χ2v) is 9.25. The minimum atomic E-state index is -2.56. The number of aldehydes is 1. The third kappa shape index (κ3) is 4.32. The van der Waals surface area contributed by atoms with Gasteiger partial charge in [-0.2, -0.15) is 5.26 Å². The summed E-state index contributed by atoms with van der Waals surface area (Å²) in [4.78, 5) is 17.0. The minimum Gasteiger partial charge on any atom is -0.771 e. The molecule has 4 rings (SSSR count). The largest absolute Gasteiger partial charge is 0.771 e. The van der Waals surface area contributed by atoms with E-state index in [1.54, 1.807) is 59.8 Å². The highest BCUT2D eigenvalue weighted by Crippen LogP contribution is 2.36. The molecule has 2 heterocycles. The molecule has 8 heteroatoms. The van der Waals surface area contributed by atoms with Gasteiger partial charge in [0, 0.05) is 23.7 Å². The Labute approximate surface area is 200 Å². The first-order chi connectivity index (χ1) is 16.4. The topological polar surface area (TPSA) is 123 Å². The molecule has 0 amide bonds. The van der Waals surface area contributed by atoms with Gasteiger partial charge in [0.25, 0.3) is 0 Å². The second-order valence-electron chi connectivity index (χ2n) is 7.94. The van der Waals surface area contributed by atoms with Gasteiger partial charge in [-0.05, 0) is 71.1 Å². The number of aromatic nitrogens is 1. The van der Waals surface area contributed by atoms with Crippen LogP contribution in [0.15, 0.2) is 85.2 Å². The molecule has 1 aliphatic heterocycles. The predicted octanol–water partition coefficient (Wildman–Crippen LogP) is 3.48. The first-order valence-corrected chi connectivity index (χ1v) is 11.5. The molecule has 7 nitrogen and oxygen atoms in total. The highest BCUT2D eigenvalue weighted by atomic mass is 32.2. The fourth-order valence-electron chi connectivity index (χ4n) is 3.86. The summed E-state index contributed by atoms with van der Waals surface area (Å²) in [6.45, 7) is 1.41. The lowest BCUT2D eigenvalue weighted by molar-refractivity contribution is -0.107. The molecule has 0 radical (unpaired) electrons. The first-order valence-electron chi connectivity index (χ1n) is 10.4. The molecule has 0 bridgehead atoms. The van der Waals surface area contributed by atoms with E-state index in [1.165, 1.54) is 6.92 Å². The lowest BCUT2D eigenvalue weighted by Crippen LogP contribution is -2.39. The van der Waals surface area contributed by atoms with Crippen molar-refractivity contribution in [3.8, 4) is 6.07 Å². The van der Waals surface area contributed by atoms with Gasteiger partial charge >= 0.3 is 0 Å². The average Bonchev–Trinajstić information content (AvgIpc) is 2.88. The van der Waals surface area contributed by atoms with Gasteiger partial charge in [0.2, 0.25) is 0 Å². The number of nitrogens with zero attached hydrogens (tertiary/aromatic N) is 3. The molecule has 0 saturated heterocycles. The number of rotatable bonds is 6. The molecule has 3 atom stereocenters. The van der Waals surface area contributed by atoms with E-state index in [0.717, 1.165) is 11.9 Å². The average molecular weight is 470 g/mol. The quantitative estimate of drug-likeness (QED) is 0.433. The number of hydrogen-bond acceptors (Lipinski definition) is 7. The summed E-state index contributed by atoms with van der Waals surface area (Å²) >= 11 is -2.56. The van der Waals surface area contributed by atoms with E-state index in [9.17, 15) is 18.8 Å². The monoisotopic (exact) mass is 469 g/mol. The van der Waals surface area contributed by atoms with Crippen LogP contribution >= 0.6 is 0 Å². The summed E-state index contributed by atoms with van der Waals surface area (Å²) in [6.07, 6.45) is 6.12. The van der Waals surface area contributed by atoms with Gasteiger partial charge in [-0.3, -0.25) is 9.19 Å². The number of nitriles is 1. The number of carbonyl (C=O) groups excluding carboxylic acids is 1. The van der Waals surface area contributed by atoms with E-state index in [0.29, 0.717) is 33.6 Å². The standard InChI is InChI=1S/C26H22N4O3S/c1-26(28,34(32)33)20-8-6-9-21(14-20)30-16-19(24-11-4-5-12-29-24)13-23(25(30)17-31)22-10-3-2-7-18(22)15-27/h2-14,16-17,25H,28H2,1H3,(H,32,33)/p-1. The van der Waals surface area contributed by atoms with Crippen molar-refractivity contribution < 1.29 is 13.6 Å². The molecular weight excluding hydrogens is 448 g/mol. The van der Waals surface area contributed by atoms with Crippen LogP contribution in [0.2, 0.25) is 0 Å². The number of anilines is 1. The van der Waals surface area contributed by atoms with Gasteiger partial charge < -0.3 is 20.0 Å². The fraction of sp³-hybridized carbons (Fsp3) is 0.115. The van der Waals surface area contributed by atoms with E-state index in [1.807, 2.05) is 30.3 Å².